The van der Waals surface area contributed by atoms with E-state index >= 15 is 0 Å². The molecule has 0 bridgehead atoms. The van der Waals surface area contributed by atoms with Crippen LogP contribution in [0.3, 0.4) is 0 Å². The van der Waals surface area contributed by atoms with Crippen molar-refractivity contribution in [2.45, 2.75) is 19.6 Å². The number of hydrogen-bond acceptors (Lipinski definition) is 4. The van der Waals surface area contributed by atoms with Crippen LogP contribution >= 0.6 is 0 Å². The van der Waals surface area contributed by atoms with E-state index in [9.17, 15) is 4.79 Å². The van der Waals surface area contributed by atoms with Gasteiger partial charge in [0, 0.05) is 35.5 Å². The van der Waals surface area contributed by atoms with E-state index in [-0.39, 0.29) is 11.7 Å². The van der Waals surface area contributed by atoms with Crippen LogP contribution in [0.15, 0.2) is 107 Å². The first-order valence-electron chi connectivity index (χ1n) is 10.5. The molecule has 2 aromatic heterocycles. The molecule has 5 rings (SSSR count). The number of ether oxygens (including phenoxy) is 1. The largest absolute Gasteiger partial charge is 0.484 e. The van der Waals surface area contributed by atoms with Crippen molar-refractivity contribution in [1.29, 1.82) is 0 Å². The number of benzene rings is 3. The molecule has 5 aromatic rings. The molecule has 0 saturated carbocycles. The summed E-state index contributed by atoms with van der Waals surface area (Å²) >= 11 is 0. The van der Waals surface area contributed by atoms with Gasteiger partial charge in [-0.05, 0) is 35.7 Å². The predicted octanol–water partition coefficient (Wildman–Crippen LogP) is 5.79. The molecule has 0 aliphatic rings. The average molecular weight is 422 g/mol. The Bertz CT molecular complexity index is 1410. The number of aryl methyl sites for hydroxylation is 1. The Morgan fingerprint density at radius 3 is 2.56 bits per heavy atom. The number of imidazole rings is 1. The molecule has 1 unspecified atom stereocenters. The molecule has 0 radical (unpaired) electrons. The van der Waals surface area contributed by atoms with Crippen LogP contribution in [-0.2, 0) is 6.54 Å². The van der Waals surface area contributed by atoms with E-state index in [0.29, 0.717) is 17.9 Å². The molecular formula is C27H22N2O3. The zero-order valence-corrected chi connectivity index (χ0v) is 17.6. The van der Waals surface area contributed by atoms with Gasteiger partial charge in [0.25, 0.3) is 0 Å². The second kappa shape index (κ2) is 8.55. The van der Waals surface area contributed by atoms with E-state index in [4.69, 9.17) is 9.15 Å². The Hall–Kier alpha value is -4.12. The SMILES string of the molecule is Cc1ccccc1-c1cc(=O)oc2cc(OC(Cn3ccnc3)c3ccccc3)ccc12. The standard InChI is InChI=1S/C27H22N2O3/c1-19-7-5-6-10-22(19)24-16-27(30)32-25-15-21(11-12-23(24)25)31-26(17-29-14-13-28-18-29)20-8-3-2-4-9-20/h2-16,18,26H,17H2,1H3. The lowest BCUT2D eigenvalue weighted by atomic mass is 9.98. The molecule has 1 atom stereocenters. The number of rotatable bonds is 6. The highest BCUT2D eigenvalue weighted by Gasteiger charge is 2.16. The van der Waals surface area contributed by atoms with Gasteiger partial charge < -0.3 is 13.7 Å². The van der Waals surface area contributed by atoms with Crippen LogP contribution in [0.5, 0.6) is 5.75 Å². The number of fused-ring (bicyclic) bond motifs is 1. The third-order valence-corrected chi connectivity index (χ3v) is 5.54. The van der Waals surface area contributed by atoms with Crippen molar-refractivity contribution in [3.05, 3.63) is 119 Å². The summed E-state index contributed by atoms with van der Waals surface area (Å²) in [6.07, 6.45) is 5.20. The fraction of sp³-hybridized carbons (Fsp3) is 0.111. The van der Waals surface area contributed by atoms with Crippen molar-refractivity contribution < 1.29 is 9.15 Å². The van der Waals surface area contributed by atoms with Gasteiger partial charge in [0.05, 0.1) is 12.9 Å². The minimum absolute atomic E-state index is 0.228. The zero-order chi connectivity index (χ0) is 21.9. The van der Waals surface area contributed by atoms with Crippen molar-refractivity contribution in [3.63, 3.8) is 0 Å². The van der Waals surface area contributed by atoms with Gasteiger partial charge in [0.15, 0.2) is 0 Å². The second-order valence-corrected chi connectivity index (χ2v) is 7.73. The summed E-state index contributed by atoms with van der Waals surface area (Å²) in [6.45, 7) is 2.64. The molecule has 0 N–H and O–H groups in total. The molecule has 0 saturated heterocycles. The van der Waals surface area contributed by atoms with E-state index in [0.717, 1.165) is 27.6 Å². The summed E-state index contributed by atoms with van der Waals surface area (Å²) in [5.74, 6) is 0.636. The van der Waals surface area contributed by atoms with Crippen LogP contribution in [0.25, 0.3) is 22.1 Å². The minimum Gasteiger partial charge on any atom is -0.484 e. The smallest absolute Gasteiger partial charge is 0.336 e. The Morgan fingerprint density at radius 1 is 0.969 bits per heavy atom. The third kappa shape index (κ3) is 4.05. The van der Waals surface area contributed by atoms with Crippen LogP contribution in [-0.4, -0.2) is 9.55 Å². The van der Waals surface area contributed by atoms with E-state index in [1.807, 2.05) is 84.4 Å². The molecule has 0 spiro atoms. The summed E-state index contributed by atoms with van der Waals surface area (Å²) in [4.78, 5) is 16.5. The summed E-state index contributed by atoms with van der Waals surface area (Å²) < 4.78 is 13.9. The third-order valence-electron chi connectivity index (χ3n) is 5.54. The van der Waals surface area contributed by atoms with Crippen LogP contribution in [0.2, 0.25) is 0 Å². The molecule has 5 nitrogen and oxygen atoms in total. The number of nitrogens with zero attached hydrogens (tertiary/aromatic N) is 2. The number of aromatic nitrogens is 2. The van der Waals surface area contributed by atoms with E-state index in [2.05, 4.69) is 4.98 Å². The fourth-order valence-electron chi connectivity index (χ4n) is 3.94. The quantitative estimate of drug-likeness (QED) is 0.325. The molecule has 3 aromatic carbocycles. The van der Waals surface area contributed by atoms with Crippen molar-refractivity contribution in [2.24, 2.45) is 0 Å². The lowest BCUT2D eigenvalue weighted by molar-refractivity contribution is 0.183. The molecule has 0 fully saturated rings. The highest BCUT2D eigenvalue weighted by Crippen LogP contribution is 2.33. The molecule has 0 amide bonds. The van der Waals surface area contributed by atoms with Gasteiger partial charge in [-0.25, -0.2) is 9.78 Å². The highest BCUT2D eigenvalue weighted by atomic mass is 16.5. The van der Waals surface area contributed by atoms with Gasteiger partial charge in [0.2, 0.25) is 0 Å². The van der Waals surface area contributed by atoms with Gasteiger partial charge in [-0.1, -0.05) is 54.6 Å². The van der Waals surface area contributed by atoms with Crippen molar-refractivity contribution in [3.8, 4) is 16.9 Å². The lowest BCUT2D eigenvalue weighted by Crippen LogP contribution is -2.14. The molecule has 0 aliphatic heterocycles. The first kappa shape index (κ1) is 19.8. The maximum Gasteiger partial charge on any atom is 0.336 e. The van der Waals surface area contributed by atoms with Gasteiger partial charge in [-0.2, -0.15) is 0 Å². The van der Waals surface area contributed by atoms with Crippen molar-refractivity contribution in [2.75, 3.05) is 0 Å². The molecule has 0 aliphatic carbocycles. The lowest BCUT2D eigenvalue weighted by Gasteiger charge is -2.20. The van der Waals surface area contributed by atoms with Crippen LogP contribution < -0.4 is 10.4 Å². The predicted molar refractivity (Wildman–Crippen MR) is 125 cm³/mol. The van der Waals surface area contributed by atoms with Gasteiger partial charge in [0.1, 0.15) is 17.4 Å². The maximum atomic E-state index is 12.3. The summed E-state index contributed by atoms with van der Waals surface area (Å²) in [5, 5.41) is 0.872. The maximum absolute atomic E-state index is 12.3. The Kier molecular flexibility index (Phi) is 5.30. The zero-order valence-electron chi connectivity index (χ0n) is 17.6. The fourth-order valence-corrected chi connectivity index (χ4v) is 3.94. The van der Waals surface area contributed by atoms with Gasteiger partial charge in [-0.3, -0.25) is 0 Å². The highest BCUT2D eigenvalue weighted by molar-refractivity contribution is 5.94. The molecule has 158 valence electrons. The number of hydrogen-bond donors (Lipinski definition) is 0. The van der Waals surface area contributed by atoms with Gasteiger partial charge in [-0.15, -0.1) is 0 Å². The molecular weight excluding hydrogens is 400 g/mol. The first-order chi connectivity index (χ1) is 15.7. The normalized spacial score (nSPS) is 12.0. The van der Waals surface area contributed by atoms with Crippen LogP contribution in [0.1, 0.15) is 17.2 Å². The monoisotopic (exact) mass is 422 g/mol. The average Bonchev–Trinajstić information content (AvgIpc) is 3.32. The van der Waals surface area contributed by atoms with E-state index in [1.165, 1.54) is 0 Å². The first-order valence-corrected chi connectivity index (χ1v) is 10.5. The molecule has 5 heteroatoms. The van der Waals surface area contributed by atoms with E-state index in [1.54, 1.807) is 24.7 Å². The van der Waals surface area contributed by atoms with Crippen molar-refractivity contribution in [1.82, 2.24) is 9.55 Å². The van der Waals surface area contributed by atoms with Crippen molar-refractivity contribution >= 4 is 11.0 Å². The summed E-state index contributed by atoms with van der Waals surface area (Å²) in [6, 6.07) is 25.3. The van der Waals surface area contributed by atoms with Crippen LogP contribution in [0.4, 0.5) is 0 Å². The Balaban J connectivity index is 1.54. The topological polar surface area (TPSA) is 57.3 Å². The Morgan fingerprint density at radius 2 is 1.78 bits per heavy atom. The molecule has 32 heavy (non-hydrogen) atoms. The molecule has 2 heterocycles. The summed E-state index contributed by atoms with van der Waals surface area (Å²) in [7, 11) is 0. The van der Waals surface area contributed by atoms with Crippen LogP contribution in [0, 0.1) is 6.92 Å². The summed E-state index contributed by atoms with van der Waals surface area (Å²) in [5.41, 5.74) is 4.15. The second-order valence-electron chi connectivity index (χ2n) is 7.73. The minimum atomic E-state index is -0.383. The Labute approximate surface area is 185 Å². The van der Waals surface area contributed by atoms with Gasteiger partial charge >= 0.3 is 5.63 Å². The van der Waals surface area contributed by atoms with E-state index < -0.39 is 0 Å².